The first-order chi connectivity index (χ1) is 7.54. The molecular weight excluding hydrogens is 204 g/mol. The number of aliphatic carboxylic acids is 1. The van der Waals surface area contributed by atoms with Gasteiger partial charge in [0.2, 0.25) is 0 Å². The number of hydrogen-bond acceptors (Lipinski definition) is 2. The summed E-state index contributed by atoms with van der Waals surface area (Å²) in [5.41, 5.74) is 0.900. The van der Waals surface area contributed by atoms with Crippen molar-refractivity contribution in [3.63, 3.8) is 0 Å². The number of carboxylic acid groups (broad SMARTS) is 1. The largest absolute Gasteiger partial charge is 0.508 e. The van der Waals surface area contributed by atoms with Gasteiger partial charge in [0.15, 0.2) is 0 Å². The molecule has 0 aliphatic heterocycles. The van der Waals surface area contributed by atoms with E-state index in [1.54, 1.807) is 18.2 Å². The van der Waals surface area contributed by atoms with E-state index in [1.807, 2.05) is 19.9 Å². The van der Waals surface area contributed by atoms with Gasteiger partial charge in [0, 0.05) is 0 Å². The van der Waals surface area contributed by atoms with Crippen LogP contribution in [0.25, 0.3) is 0 Å². The molecule has 0 aliphatic carbocycles. The highest BCUT2D eigenvalue weighted by atomic mass is 16.4. The Morgan fingerprint density at radius 1 is 1.44 bits per heavy atom. The average Bonchev–Trinajstić information content (AvgIpc) is 2.24. The average molecular weight is 222 g/mol. The number of benzene rings is 1. The molecule has 2 atom stereocenters. The van der Waals surface area contributed by atoms with Crippen LogP contribution in [0.2, 0.25) is 0 Å². The summed E-state index contributed by atoms with van der Waals surface area (Å²) in [6.07, 6.45) is 1.03. The molecule has 3 nitrogen and oxygen atoms in total. The van der Waals surface area contributed by atoms with Crippen LogP contribution in [0.4, 0.5) is 0 Å². The number of hydrogen-bond donors (Lipinski definition) is 2. The number of carboxylic acids is 1. The van der Waals surface area contributed by atoms with Crippen molar-refractivity contribution in [2.24, 2.45) is 5.92 Å². The summed E-state index contributed by atoms with van der Waals surface area (Å²) >= 11 is 0. The lowest BCUT2D eigenvalue weighted by molar-refractivity contribution is -0.137. The molecule has 1 rings (SSSR count). The molecule has 0 heterocycles. The zero-order chi connectivity index (χ0) is 12.1. The number of phenolic OH excluding ortho intramolecular Hbond substituents is 1. The molecule has 0 aliphatic rings. The van der Waals surface area contributed by atoms with Crippen molar-refractivity contribution < 1.29 is 15.0 Å². The smallest absolute Gasteiger partial charge is 0.303 e. The van der Waals surface area contributed by atoms with E-state index in [2.05, 4.69) is 0 Å². The van der Waals surface area contributed by atoms with Gasteiger partial charge in [-0.05, 0) is 29.5 Å². The Hall–Kier alpha value is -1.51. The normalized spacial score (nSPS) is 14.4. The van der Waals surface area contributed by atoms with Crippen molar-refractivity contribution in [2.75, 3.05) is 0 Å². The van der Waals surface area contributed by atoms with E-state index in [0.717, 1.165) is 12.0 Å². The summed E-state index contributed by atoms with van der Waals surface area (Å²) in [7, 11) is 0. The van der Waals surface area contributed by atoms with Crippen LogP contribution < -0.4 is 0 Å². The lowest BCUT2D eigenvalue weighted by Gasteiger charge is -2.21. The van der Waals surface area contributed by atoms with Gasteiger partial charge in [-0.3, -0.25) is 4.79 Å². The molecular formula is C13H18O3. The molecule has 0 radical (unpaired) electrons. The van der Waals surface area contributed by atoms with Gasteiger partial charge in [0.25, 0.3) is 0 Å². The molecule has 2 N–H and O–H groups in total. The van der Waals surface area contributed by atoms with Crippen molar-refractivity contribution >= 4 is 5.97 Å². The van der Waals surface area contributed by atoms with Crippen molar-refractivity contribution in [2.45, 2.75) is 32.6 Å². The Morgan fingerprint density at radius 3 is 2.62 bits per heavy atom. The molecule has 0 bridgehead atoms. The summed E-state index contributed by atoms with van der Waals surface area (Å²) in [5, 5.41) is 18.3. The molecule has 0 amide bonds. The summed E-state index contributed by atoms with van der Waals surface area (Å²) in [6.45, 7) is 4.08. The van der Waals surface area contributed by atoms with Crippen molar-refractivity contribution in [1.29, 1.82) is 0 Å². The van der Waals surface area contributed by atoms with E-state index in [0.29, 0.717) is 0 Å². The Bertz CT molecular complexity index is 360. The molecule has 1 aromatic carbocycles. The van der Waals surface area contributed by atoms with Gasteiger partial charge in [0.1, 0.15) is 5.75 Å². The van der Waals surface area contributed by atoms with E-state index in [1.165, 1.54) is 0 Å². The quantitative estimate of drug-likeness (QED) is 0.805. The highest BCUT2D eigenvalue weighted by molar-refractivity contribution is 5.68. The molecule has 3 heteroatoms. The van der Waals surface area contributed by atoms with Crippen LogP contribution in [0, 0.1) is 5.92 Å². The lowest BCUT2D eigenvalue weighted by atomic mass is 9.83. The second-order valence-electron chi connectivity index (χ2n) is 4.18. The second kappa shape index (κ2) is 5.54. The minimum Gasteiger partial charge on any atom is -0.508 e. The van der Waals surface area contributed by atoms with Gasteiger partial charge in [-0.2, -0.15) is 0 Å². The fourth-order valence-electron chi connectivity index (χ4n) is 1.88. The molecule has 88 valence electrons. The van der Waals surface area contributed by atoms with Crippen LogP contribution in [0.1, 0.15) is 38.2 Å². The van der Waals surface area contributed by atoms with Gasteiger partial charge < -0.3 is 10.2 Å². The molecule has 0 aromatic heterocycles. The summed E-state index contributed by atoms with van der Waals surface area (Å²) in [6, 6.07) is 6.87. The third kappa shape index (κ3) is 3.26. The predicted molar refractivity (Wildman–Crippen MR) is 62.6 cm³/mol. The number of carbonyl (C=O) groups is 1. The maximum absolute atomic E-state index is 10.8. The maximum atomic E-state index is 10.8. The topological polar surface area (TPSA) is 57.5 Å². The van der Waals surface area contributed by atoms with Gasteiger partial charge >= 0.3 is 5.97 Å². The molecule has 0 fully saturated rings. The molecule has 0 spiro atoms. The van der Waals surface area contributed by atoms with Crippen LogP contribution in [-0.2, 0) is 4.79 Å². The third-order valence-corrected chi connectivity index (χ3v) is 3.02. The standard InChI is InChI=1S/C13H18O3/c1-3-9(2)12(8-13(15)16)10-5-4-6-11(14)7-10/h4-7,9,12,14H,3,8H2,1-2H3,(H,15,16)/t9?,12-/m0/s1. The van der Waals surface area contributed by atoms with Gasteiger partial charge in [-0.15, -0.1) is 0 Å². The van der Waals surface area contributed by atoms with Crippen LogP contribution in [-0.4, -0.2) is 16.2 Å². The highest BCUT2D eigenvalue weighted by Crippen LogP contribution is 2.31. The summed E-state index contributed by atoms with van der Waals surface area (Å²) in [5.74, 6) is -0.350. The lowest BCUT2D eigenvalue weighted by Crippen LogP contribution is -2.13. The third-order valence-electron chi connectivity index (χ3n) is 3.02. The second-order valence-corrected chi connectivity index (χ2v) is 4.18. The summed E-state index contributed by atoms with van der Waals surface area (Å²) in [4.78, 5) is 10.8. The number of rotatable bonds is 5. The van der Waals surface area contributed by atoms with Crippen LogP contribution >= 0.6 is 0 Å². The van der Waals surface area contributed by atoms with Gasteiger partial charge in [0.05, 0.1) is 6.42 Å². The Balaban J connectivity index is 2.95. The van der Waals surface area contributed by atoms with E-state index in [-0.39, 0.29) is 24.0 Å². The molecule has 0 saturated heterocycles. The van der Waals surface area contributed by atoms with Crippen LogP contribution in [0.3, 0.4) is 0 Å². The molecule has 1 aromatic rings. The SMILES string of the molecule is CCC(C)[C@H](CC(=O)O)c1cccc(O)c1. The number of phenols is 1. The Labute approximate surface area is 95.7 Å². The van der Waals surface area contributed by atoms with E-state index in [9.17, 15) is 9.90 Å². The van der Waals surface area contributed by atoms with Crippen molar-refractivity contribution in [3.8, 4) is 5.75 Å². The fourth-order valence-corrected chi connectivity index (χ4v) is 1.88. The fraction of sp³-hybridized carbons (Fsp3) is 0.462. The highest BCUT2D eigenvalue weighted by Gasteiger charge is 2.21. The summed E-state index contributed by atoms with van der Waals surface area (Å²) < 4.78 is 0. The minimum atomic E-state index is -0.798. The number of aromatic hydroxyl groups is 1. The van der Waals surface area contributed by atoms with Crippen LogP contribution in [0.5, 0.6) is 5.75 Å². The molecule has 0 saturated carbocycles. The van der Waals surface area contributed by atoms with Gasteiger partial charge in [-0.1, -0.05) is 32.4 Å². The van der Waals surface area contributed by atoms with Crippen molar-refractivity contribution in [1.82, 2.24) is 0 Å². The zero-order valence-electron chi connectivity index (χ0n) is 9.68. The molecule has 16 heavy (non-hydrogen) atoms. The maximum Gasteiger partial charge on any atom is 0.303 e. The first-order valence-electron chi connectivity index (χ1n) is 5.55. The Morgan fingerprint density at radius 2 is 2.12 bits per heavy atom. The van der Waals surface area contributed by atoms with E-state index < -0.39 is 5.97 Å². The van der Waals surface area contributed by atoms with Gasteiger partial charge in [-0.25, -0.2) is 0 Å². The minimum absolute atomic E-state index is 0.0328. The van der Waals surface area contributed by atoms with Crippen LogP contribution in [0.15, 0.2) is 24.3 Å². The predicted octanol–water partition coefficient (Wildman–Crippen LogP) is 3.00. The Kier molecular flexibility index (Phi) is 4.35. The zero-order valence-corrected chi connectivity index (χ0v) is 9.68. The first-order valence-corrected chi connectivity index (χ1v) is 5.55. The van der Waals surface area contributed by atoms with E-state index >= 15 is 0 Å². The van der Waals surface area contributed by atoms with E-state index in [4.69, 9.17) is 5.11 Å². The first kappa shape index (κ1) is 12.6. The van der Waals surface area contributed by atoms with Crippen molar-refractivity contribution in [3.05, 3.63) is 29.8 Å². The molecule has 1 unspecified atom stereocenters. The monoisotopic (exact) mass is 222 g/mol.